The molecule has 12 heteroatoms. The number of rotatable bonds is 7. The molecule has 130 valence electrons. The molecule has 0 bridgehead atoms. The molecule has 10 nitrogen and oxygen atoms in total. The lowest BCUT2D eigenvalue weighted by Crippen LogP contribution is -2.35. The monoisotopic (exact) mass is 372 g/mol. The first-order valence-electron chi connectivity index (χ1n) is 6.47. The highest BCUT2D eigenvalue weighted by atomic mass is 32.2. The van der Waals surface area contributed by atoms with Crippen molar-refractivity contribution in [2.24, 2.45) is 22.4 Å². The fourth-order valence-corrected chi connectivity index (χ4v) is 3.42. The third-order valence-electron chi connectivity index (χ3n) is 2.66. The molecule has 0 aliphatic rings. The Morgan fingerprint density at radius 3 is 2.71 bits per heavy atom. The molecule has 1 aromatic carbocycles. The topological polar surface area (TPSA) is 181 Å². The van der Waals surface area contributed by atoms with Crippen LogP contribution in [-0.2, 0) is 14.8 Å². The summed E-state index contributed by atoms with van der Waals surface area (Å²) in [5.74, 6) is 5.37. The molecule has 0 fully saturated rings. The van der Waals surface area contributed by atoms with Crippen LogP contribution in [0.25, 0.3) is 10.2 Å². The van der Waals surface area contributed by atoms with E-state index in [1.807, 2.05) is 0 Å². The van der Waals surface area contributed by atoms with Crippen molar-refractivity contribution in [2.45, 2.75) is 4.34 Å². The third-order valence-corrected chi connectivity index (χ3v) is 5.00. The first-order valence-corrected chi connectivity index (χ1v) is 8.83. The van der Waals surface area contributed by atoms with Gasteiger partial charge in [-0.1, -0.05) is 0 Å². The van der Waals surface area contributed by atoms with Gasteiger partial charge >= 0.3 is 0 Å². The van der Waals surface area contributed by atoms with E-state index in [0.29, 0.717) is 16.0 Å². The van der Waals surface area contributed by atoms with E-state index < -0.39 is 15.9 Å². The van der Waals surface area contributed by atoms with Gasteiger partial charge in [0, 0.05) is 6.20 Å². The number of nitrogens with zero attached hydrogens (tertiary/aromatic N) is 2. The number of hydrazine groups is 1. The Morgan fingerprint density at radius 2 is 2.08 bits per heavy atom. The van der Waals surface area contributed by atoms with Crippen LogP contribution in [0.15, 0.2) is 34.4 Å². The molecule has 0 unspecified atom stereocenters. The molecule has 8 N–H and O–H groups in total. The van der Waals surface area contributed by atoms with Crippen LogP contribution >= 0.6 is 11.3 Å². The minimum absolute atomic E-state index is 0.0127. The number of aromatic nitrogens is 1. The number of hydrogen-bond donors (Lipinski definition) is 4. The van der Waals surface area contributed by atoms with Gasteiger partial charge in [-0.3, -0.25) is 4.79 Å². The lowest BCUT2D eigenvalue weighted by Gasteiger charge is -2.13. The zero-order valence-electron chi connectivity index (χ0n) is 12.4. The van der Waals surface area contributed by atoms with Gasteiger partial charge in [0.1, 0.15) is 18.9 Å². The van der Waals surface area contributed by atoms with E-state index in [4.69, 9.17) is 27.2 Å². The summed E-state index contributed by atoms with van der Waals surface area (Å²) in [5.41, 5.74) is 11.5. The number of primary amides is 1. The van der Waals surface area contributed by atoms with E-state index in [2.05, 4.69) is 4.98 Å². The summed E-state index contributed by atoms with van der Waals surface area (Å²) in [6, 6.07) is 4.85. The fraction of sp³-hybridized carbons (Fsp3) is 0.167. The zero-order valence-corrected chi connectivity index (χ0v) is 14.0. The van der Waals surface area contributed by atoms with E-state index in [9.17, 15) is 13.2 Å². The summed E-state index contributed by atoms with van der Waals surface area (Å²) < 4.78 is 28.5. The molecule has 1 heterocycles. The van der Waals surface area contributed by atoms with Crippen molar-refractivity contribution < 1.29 is 17.9 Å². The van der Waals surface area contributed by atoms with Crippen molar-refractivity contribution in [2.75, 3.05) is 13.2 Å². The SMILES string of the molecule is NC(=O)CN(N)/C=C(\N)COc1ccc2nc(S(N)(=O)=O)sc2c1. The van der Waals surface area contributed by atoms with Crippen LogP contribution in [0, 0.1) is 0 Å². The van der Waals surface area contributed by atoms with Gasteiger partial charge < -0.3 is 21.2 Å². The number of benzene rings is 1. The number of nitrogens with two attached hydrogens (primary N) is 4. The van der Waals surface area contributed by atoms with Crippen LogP contribution in [0.4, 0.5) is 0 Å². The van der Waals surface area contributed by atoms with Crippen molar-refractivity contribution in [1.29, 1.82) is 0 Å². The van der Waals surface area contributed by atoms with Crippen LogP contribution in [-0.4, -0.2) is 37.5 Å². The van der Waals surface area contributed by atoms with E-state index >= 15 is 0 Å². The number of carbonyl (C=O) groups excluding carboxylic acids is 1. The maximum absolute atomic E-state index is 11.3. The number of primary sulfonamides is 1. The van der Waals surface area contributed by atoms with Crippen molar-refractivity contribution in [1.82, 2.24) is 9.99 Å². The molecule has 1 amide bonds. The van der Waals surface area contributed by atoms with Crippen LogP contribution in [0.5, 0.6) is 5.75 Å². The normalized spacial score (nSPS) is 12.3. The van der Waals surface area contributed by atoms with E-state index in [1.165, 1.54) is 6.20 Å². The van der Waals surface area contributed by atoms with Crippen LogP contribution in [0.3, 0.4) is 0 Å². The Labute approximate surface area is 141 Å². The summed E-state index contributed by atoms with van der Waals surface area (Å²) in [6.45, 7) is -0.164. The van der Waals surface area contributed by atoms with Crippen molar-refractivity contribution in [3.8, 4) is 5.75 Å². The Morgan fingerprint density at radius 1 is 1.38 bits per heavy atom. The molecule has 0 aliphatic heterocycles. The standard InChI is InChI=1S/C12H16N6O4S2/c13-7(4-18(15)5-11(14)19)6-22-8-1-2-9-10(3-8)23-12(17-9)24(16,20)21/h1-4H,5-6,13,15H2,(H2,14,19)(H2,16,20,21)/b7-4-. The maximum Gasteiger partial charge on any atom is 0.265 e. The summed E-state index contributed by atoms with van der Waals surface area (Å²) in [5, 5.41) is 6.10. The molecule has 0 saturated heterocycles. The average molecular weight is 372 g/mol. The second-order valence-corrected chi connectivity index (χ2v) is 7.55. The number of amides is 1. The molecule has 0 saturated carbocycles. The summed E-state index contributed by atoms with van der Waals surface area (Å²) >= 11 is 0.941. The predicted molar refractivity (Wildman–Crippen MR) is 88.8 cm³/mol. The van der Waals surface area contributed by atoms with E-state index in [1.54, 1.807) is 18.2 Å². The molecule has 1 aromatic heterocycles. The second-order valence-electron chi connectivity index (χ2n) is 4.79. The Hall–Kier alpha value is -2.41. The van der Waals surface area contributed by atoms with Gasteiger partial charge in [0.15, 0.2) is 0 Å². The summed E-state index contributed by atoms with van der Waals surface area (Å²) in [7, 11) is -3.85. The quantitative estimate of drug-likeness (QED) is 0.345. The number of carbonyl (C=O) groups is 1. The van der Waals surface area contributed by atoms with Gasteiger partial charge in [0.05, 0.1) is 15.9 Å². The molecule has 0 radical (unpaired) electrons. The van der Waals surface area contributed by atoms with Gasteiger partial charge in [-0.2, -0.15) is 0 Å². The van der Waals surface area contributed by atoms with Gasteiger partial charge in [-0.15, -0.1) is 11.3 Å². The highest BCUT2D eigenvalue weighted by Gasteiger charge is 2.14. The number of ether oxygens (including phenoxy) is 1. The highest BCUT2D eigenvalue weighted by Crippen LogP contribution is 2.28. The third kappa shape index (κ3) is 4.79. The molecule has 0 atom stereocenters. The first kappa shape index (κ1) is 17.9. The number of hydrogen-bond acceptors (Lipinski definition) is 9. The Kier molecular flexibility index (Phi) is 5.23. The smallest absolute Gasteiger partial charge is 0.265 e. The second kappa shape index (κ2) is 7.00. The molecule has 2 rings (SSSR count). The maximum atomic E-state index is 11.3. The van der Waals surface area contributed by atoms with Gasteiger partial charge in [0.25, 0.3) is 10.0 Å². The van der Waals surface area contributed by atoms with Crippen molar-refractivity contribution in [3.63, 3.8) is 0 Å². The zero-order chi connectivity index (χ0) is 17.9. The summed E-state index contributed by atoms with van der Waals surface area (Å²) in [6.07, 6.45) is 1.33. The van der Waals surface area contributed by atoms with Crippen LogP contribution < -0.4 is 27.2 Å². The fourth-order valence-electron chi connectivity index (χ4n) is 1.74. The minimum Gasteiger partial charge on any atom is -0.487 e. The summed E-state index contributed by atoms with van der Waals surface area (Å²) in [4.78, 5) is 14.6. The van der Waals surface area contributed by atoms with Crippen molar-refractivity contribution >= 4 is 37.5 Å². The molecule has 0 spiro atoms. The molecule has 0 aliphatic carbocycles. The largest absolute Gasteiger partial charge is 0.487 e. The van der Waals surface area contributed by atoms with Crippen LogP contribution in [0.2, 0.25) is 0 Å². The van der Waals surface area contributed by atoms with Crippen LogP contribution in [0.1, 0.15) is 0 Å². The molecular formula is C12H16N6O4S2. The Balaban J connectivity index is 2.08. The van der Waals surface area contributed by atoms with Gasteiger partial charge in [0.2, 0.25) is 10.2 Å². The Bertz CT molecular complexity index is 892. The van der Waals surface area contributed by atoms with E-state index in [0.717, 1.165) is 16.3 Å². The van der Waals surface area contributed by atoms with E-state index in [-0.39, 0.29) is 23.2 Å². The molecular weight excluding hydrogens is 356 g/mol. The highest BCUT2D eigenvalue weighted by molar-refractivity contribution is 7.91. The van der Waals surface area contributed by atoms with Crippen molar-refractivity contribution in [3.05, 3.63) is 30.1 Å². The lowest BCUT2D eigenvalue weighted by molar-refractivity contribution is -0.118. The first-order chi connectivity index (χ1) is 11.1. The van der Waals surface area contributed by atoms with Gasteiger partial charge in [-0.05, 0) is 18.2 Å². The van der Waals surface area contributed by atoms with Gasteiger partial charge in [-0.25, -0.2) is 24.4 Å². The molecule has 2 aromatic rings. The lowest BCUT2D eigenvalue weighted by atomic mass is 10.3. The predicted octanol–water partition coefficient (Wildman–Crippen LogP) is -1.22. The minimum atomic E-state index is -3.85. The number of sulfonamides is 1. The molecule has 24 heavy (non-hydrogen) atoms. The number of fused-ring (bicyclic) bond motifs is 1. The average Bonchev–Trinajstić information content (AvgIpc) is 2.87. The number of thiazole rings is 1.